The number of hydrogen-bond acceptors (Lipinski definition) is 7. The summed E-state index contributed by atoms with van der Waals surface area (Å²) >= 11 is 4.78. The van der Waals surface area contributed by atoms with Crippen LogP contribution in [-0.4, -0.2) is 57.9 Å². The van der Waals surface area contributed by atoms with Crippen molar-refractivity contribution in [3.63, 3.8) is 0 Å². The van der Waals surface area contributed by atoms with Gasteiger partial charge >= 0.3 is 0 Å². The minimum atomic E-state index is 0.191. The lowest BCUT2D eigenvalue weighted by Crippen LogP contribution is -2.48. The topological polar surface area (TPSA) is 43.4 Å². The summed E-state index contributed by atoms with van der Waals surface area (Å²) in [6, 6.07) is 9.37. The van der Waals surface area contributed by atoms with Crippen LogP contribution in [0.3, 0.4) is 0 Å². The quantitative estimate of drug-likeness (QED) is 0.337. The summed E-state index contributed by atoms with van der Waals surface area (Å²) < 4.78 is 22.8. The number of rotatable bonds is 8. The number of fused-ring (bicyclic) bond motifs is 4. The molecule has 41 heavy (non-hydrogen) atoms. The average Bonchev–Trinajstić information content (AvgIpc) is 2.94. The van der Waals surface area contributed by atoms with E-state index in [4.69, 9.17) is 31.6 Å². The van der Waals surface area contributed by atoms with Crippen LogP contribution in [0.15, 0.2) is 35.9 Å². The highest BCUT2D eigenvalue weighted by Crippen LogP contribution is 2.51. The van der Waals surface area contributed by atoms with Gasteiger partial charge in [-0.05, 0) is 95.9 Å². The molecular formula is C34H48N2O4S. The number of ether oxygens (including phenoxy) is 4. The summed E-state index contributed by atoms with van der Waals surface area (Å²) in [6.07, 6.45) is 5.36. The van der Waals surface area contributed by atoms with Crippen LogP contribution in [0.1, 0.15) is 74.4 Å². The van der Waals surface area contributed by atoms with Gasteiger partial charge in [-0.3, -0.25) is 4.90 Å². The van der Waals surface area contributed by atoms with Crippen molar-refractivity contribution >= 4 is 12.6 Å². The molecule has 2 aromatic rings. The molecule has 224 valence electrons. The minimum Gasteiger partial charge on any atom is -0.493 e. The van der Waals surface area contributed by atoms with Gasteiger partial charge in [0.2, 0.25) is 0 Å². The molecule has 1 fully saturated rings. The van der Waals surface area contributed by atoms with Gasteiger partial charge in [0.25, 0.3) is 0 Å². The molecule has 6 nitrogen and oxygen atoms in total. The first-order valence-corrected chi connectivity index (χ1v) is 15.4. The molecule has 3 aliphatic heterocycles. The number of thiol groups is 1. The first-order valence-electron chi connectivity index (χ1n) is 14.9. The maximum absolute atomic E-state index is 5.76. The molecular weight excluding hydrogens is 532 g/mol. The van der Waals surface area contributed by atoms with E-state index in [1.54, 1.807) is 28.4 Å². The van der Waals surface area contributed by atoms with Gasteiger partial charge in [-0.25, -0.2) is 0 Å². The Balaban J connectivity index is 1.53. The third-order valence-electron chi connectivity index (χ3n) is 9.51. The predicted octanol–water partition coefficient (Wildman–Crippen LogP) is 7.08. The van der Waals surface area contributed by atoms with Crippen LogP contribution in [0.4, 0.5) is 0 Å². The fraction of sp³-hybridized carbons (Fsp3) is 0.588. The van der Waals surface area contributed by atoms with Gasteiger partial charge in [0.15, 0.2) is 23.0 Å². The van der Waals surface area contributed by atoms with E-state index >= 15 is 0 Å². The second-order valence-electron chi connectivity index (χ2n) is 13.2. The van der Waals surface area contributed by atoms with Crippen LogP contribution in [0, 0.1) is 17.3 Å². The van der Waals surface area contributed by atoms with Crippen LogP contribution in [-0.2, 0) is 12.8 Å². The summed E-state index contributed by atoms with van der Waals surface area (Å²) in [6.45, 7) is 14.5. The lowest BCUT2D eigenvalue weighted by Gasteiger charge is -2.50. The molecule has 0 spiro atoms. The average molecular weight is 581 g/mol. The fourth-order valence-corrected chi connectivity index (χ4v) is 7.93. The Morgan fingerprint density at radius 1 is 0.829 bits per heavy atom. The summed E-state index contributed by atoms with van der Waals surface area (Å²) in [5, 5.41) is 0.833. The zero-order chi connectivity index (χ0) is 29.5. The van der Waals surface area contributed by atoms with Crippen molar-refractivity contribution in [2.45, 2.75) is 65.0 Å². The molecule has 3 heterocycles. The number of hydrogen-bond donors (Lipinski definition) is 1. The first-order chi connectivity index (χ1) is 19.6. The molecule has 0 N–H and O–H groups in total. The second kappa shape index (κ2) is 12.0. The molecule has 2 aromatic carbocycles. The van der Waals surface area contributed by atoms with E-state index in [0.717, 1.165) is 73.3 Å². The minimum absolute atomic E-state index is 0.191. The molecule has 5 rings (SSSR count). The van der Waals surface area contributed by atoms with Crippen LogP contribution in [0.5, 0.6) is 23.0 Å². The van der Waals surface area contributed by atoms with E-state index in [2.05, 4.69) is 61.4 Å². The van der Waals surface area contributed by atoms with Crippen molar-refractivity contribution in [1.29, 1.82) is 0 Å². The zero-order valence-corrected chi connectivity index (χ0v) is 26.9. The normalized spacial score (nSPS) is 24.1. The SMILES string of the molecule is C=C(S)N1CCc2cc(OC)c(OC)cc2C1CC1CC2c3cc(OC)c(OC)cc3CCN2CC1CC(C)(C)C. The van der Waals surface area contributed by atoms with Crippen molar-refractivity contribution in [3.05, 3.63) is 58.1 Å². The summed E-state index contributed by atoms with van der Waals surface area (Å²) in [5.74, 6) is 4.36. The van der Waals surface area contributed by atoms with Gasteiger partial charge in [0, 0.05) is 25.7 Å². The molecule has 4 unspecified atom stereocenters. The molecule has 0 bridgehead atoms. The van der Waals surface area contributed by atoms with E-state index in [-0.39, 0.29) is 11.5 Å². The van der Waals surface area contributed by atoms with Crippen molar-refractivity contribution in [3.8, 4) is 23.0 Å². The highest BCUT2D eigenvalue weighted by Gasteiger charge is 2.43. The molecule has 0 aromatic heterocycles. The Labute approximate surface area is 252 Å². The van der Waals surface area contributed by atoms with E-state index in [1.165, 1.54) is 28.7 Å². The Kier molecular flexibility index (Phi) is 8.77. The Morgan fingerprint density at radius 2 is 1.37 bits per heavy atom. The van der Waals surface area contributed by atoms with E-state index in [0.29, 0.717) is 17.9 Å². The first kappa shape index (κ1) is 30.0. The largest absolute Gasteiger partial charge is 0.493 e. The van der Waals surface area contributed by atoms with Gasteiger partial charge in [0.1, 0.15) is 0 Å². The summed E-state index contributed by atoms with van der Waals surface area (Å²) in [5.41, 5.74) is 5.70. The van der Waals surface area contributed by atoms with Crippen molar-refractivity contribution in [2.24, 2.45) is 17.3 Å². The number of nitrogens with zero attached hydrogens (tertiary/aromatic N) is 2. The third kappa shape index (κ3) is 6.03. The number of benzene rings is 2. The van der Waals surface area contributed by atoms with Crippen LogP contribution in [0.2, 0.25) is 0 Å². The lowest BCUT2D eigenvalue weighted by molar-refractivity contribution is 0.0204. The van der Waals surface area contributed by atoms with Crippen molar-refractivity contribution in [1.82, 2.24) is 9.80 Å². The van der Waals surface area contributed by atoms with E-state index < -0.39 is 0 Å². The zero-order valence-electron chi connectivity index (χ0n) is 26.0. The predicted molar refractivity (Wildman–Crippen MR) is 169 cm³/mol. The van der Waals surface area contributed by atoms with Gasteiger partial charge in [-0.1, -0.05) is 27.4 Å². The van der Waals surface area contributed by atoms with E-state index in [9.17, 15) is 0 Å². The van der Waals surface area contributed by atoms with Gasteiger partial charge in [-0.2, -0.15) is 0 Å². The monoisotopic (exact) mass is 580 g/mol. The summed E-state index contributed by atoms with van der Waals surface area (Å²) in [4.78, 5) is 5.14. The van der Waals surface area contributed by atoms with Gasteiger partial charge in [0.05, 0.1) is 39.5 Å². The third-order valence-corrected chi connectivity index (χ3v) is 9.77. The molecule has 1 saturated heterocycles. The Morgan fingerprint density at radius 3 is 1.93 bits per heavy atom. The Bertz CT molecular complexity index is 1270. The van der Waals surface area contributed by atoms with Gasteiger partial charge < -0.3 is 23.8 Å². The van der Waals surface area contributed by atoms with Gasteiger partial charge in [-0.15, -0.1) is 12.6 Å². The molecule has 0 saturated carbocycles. The van der Waals surface area contributed by atoms with E-state index in [1.807, 2.05) is 0 Å². The molecule has 3 aliphatic rings. The number of piperidine rings is 1. The molecule has 4 atom stereocenters. The maximum atomic E-state index is 5.76. The molecule has 7 heteroatoms. The van der Waals surface area contributed by atoms with Crippen LogP contribution < -0.4 is 18.9 Å². The maximum Gasteiger partial charge on any atom is 0.161 e. The van der Waals surface area contributed by atoms with Crippen molar-refractivity contribution in [2.75, 3.05) is 48.1 Å². The summed E-state index contributed by atoms with van der Waals surface area (Å²) in [7, 11) is 6.89. The Hall–Kier alpha value is -2.51. The highest BCUT2D eigenvalue weighted by molar-refractivity contribution is 7.84. The lowest BCUT2D eigenvalue weighted by atomic mass is 9.68. The van der Waals surface area contributed by atoms with Crippen molar-refractivity contribution < 1.29 is 18.9 Å². The van der Waals surface area contributed by atoms with Crippen LogP contribution >= 0.6 is 12.6 Å². The molecule has 0 radical (unpaired) electrons. The number of methoxy groups -OCH3 is 4. The smallest absolute Gasteiger partial charge is 0.161 e. The standard InChI is InChI=1S/C34H48N2O4S/c1-21(41)36-12-10-23-16-31(38-6)33(40-8)18-27(23)29(36)14-24-13-28-26-17-32(39-7)30(37-5)15-22(26)9-11-35(28)20-25(24)19-34(2,3)4/h15-18,24-25,28-29,41H,1,9-14,19-20H2,2-8H3. The van der Waals surface area contributed by atoms with Crippen LogP contribution in [0.25, 0.3) is 0 Å². The highest BCUT2D eigenvalue weighted by atomic mass is 32.1. The molecule has 0 amide bonds. The second-order valence-corrected chi connectivity index (χ2v) is 13.7. The fourth-order valence-electron chi connectivity index (χ4n) is 7.69. The molecule has 0 aliphatic carbocycles.